The number of hydrogen-bond acceptors (Lipinski definition) is 5. The van der Waals surface area contributed by atoms with E-state index >= 15 is 0 Å². The van der Waals surface area contributed by atoms with Crippen LogP contribution in [0.15, 0.2) is 23.2 Å². The van der Waals surface area contributed by atoms with Gasteiger partial charge in [0.05, 0.1) is 20.8 Å². The van der Waals surface area contributed by atoms with Gasteiger partial charge in [-0.1, -0.05) is 6.07 Å². The molecule has 8 heteroatoms. The highest BCUT2D eigenvalue weighted by Crippen LogP contribution is 2.21. The second-order valence-electron chi connectivity index (χ2n) is 6.19. The second-order valence-corrected chi connectivity index (χ2v) is 6.19. The summed E-state index contributed by atoms with van der Waals surface area (Å²) in [4.78, 5) is 32.1. The van der Waals surface area contributed by atoms with Gasteiger partial charge in [-0.05, 0) is 24.6 Å². The van der Waals surface area contributed by atoms with E-state index < -0.39 is 5.97 Å². The highest BCUT2D eigenvalue weighted by molar-refractivity contribution is 5.92. The fourth-order valence-corrected chi connectivity index (χ4v) is 2.95. The minimum absolute atomic E-state index is 0.102. The fourth-order valence-electron chi connectivity index (χ4n) is 2.95. The number of amides is 1. The molecule has 1 saturated heterocycles. The summed E-state index contributed by atoms with van der Waals surface area (Å²) in [5, 5.41) is 3.29. The molecule has 1 aromatic rings. The molecule has 1 amide bonds. The van der Waals surface area contributed by atoms with Crippen molar-refractivity contribution in [1.82, 2.24) is 15.1 Å². The Balaban J connectivity index is 2.13. The molecule has 0 aliphatic carbocycles. The summed E-state index contributed by atoms with van der Waals surface area (Å²) in [5.74, 6) is 0.938. The summed E-state index contributed by atoms with van der Waals surface area (Å²) < 4.78 is 10.0. The third-order valence-electron chi connectivity index (χ3n) is 4.44. The van der Waals surface area contributed by atoms with E-state index in [1.54, 1.807) is 19.1 Å². The van der Waals surface area contributed by atoms with Crippen molar-refractivity contribution >= 4 is 17.8 Å². The molecule has 0 radical (unpaired) electrons. The Morgan fingerprint density at radius 3 is 2.37 bits per heavy atom. The molecule has 1 aliphatic rings. The van der Waals surface area contributed by atoms with Crippen LogP contribution in [0, 0.1) is 0 Å². The number of nitrogens with one attached hydrogen (secondary N) is 1. The van der Waals surface area contributed by atoms with Crippen LogP contribution in [-0.4, -0.2) is 74.6 Å². The Kier molecular flexibility index (Phi) is 7.45. The maximum Gasteiger partial charge on any atom is 0.341 e. The zero-order valence-corrected chi connectivity index (χ0v) is 16.4. The number of methoxy groups -OCH3 is 2. The van der Waals surface area contributed by atoms with Gasteiger partial charge in [-0.25, -0.2) is 9.79 Å². The van der Waals surface area contributed by atoms with E-state index in [0.717, 1.165) is 31.2 Å². The number of carbonyl (C=O) groups excluding carboxylic acids is 2. The van der Waals surface area contributed by atoms with Gasteiger partial charge in [-0.3, -0.25) is 4.79 Å². The van der Waals surface area contributed by atoms with Crippen molar-refractivity contribution in [1.29, 1.82) is 0 Å². The van der Waals surface area contributed by atoms with Crippen LogP contribution >= 0.6 is 0 Å². The van der Waals surface area contributed by atoms with E-state index in [9.17, 15) is 9.59 Å². The first-order valence-corrected chi connectivity index (χ1v) is 9.04. The van der Waals surface area contributed by atoms with Crippen molar-refractivity contribution < 1.29 is 19.1 Å². The van der Waals surface area contributed by atoms with Gasteiger partial charge < -0.3 is 24.6 Å². The number of piperazine rings is 1. The van der Waals surface area contributed by atoms with Crippen LogP contribution in [0.4, 0.5) is 0 Å². The number of aliphatic imine (C=N–C) groups is 1. The Morgan fingerprint density at radius 1 is 1.15 bits per heavy atom. The fraction of sp³-hybridized carbons (Fsp3) is 0.526. The van der Waals surface area contributed by atoms with Gasteiger partial charge in [0.15, 0.2) is 5.96 Å². The molecule has 1 N–H and O–H groups in total. The molecule has 0 bridgehead atoms. The predicted molar refractivity (Wildman–Crippen MR) is 103 cm³/mol. The lowest BCUT2D eigenvalue weighted by atomic mass is 10.1. The van der Waals surface area contributed by atoms with Gasteiger partial charge in [0, 0.05) is 39.6 Å². The second kappa shape index (κ2) is 9.80. The van der Waals surface area contributed by atoms with Gasteiger partial charge in [-0.2, -0.15) is 0 Å². The summed E-state index contributed by atoms with van der Waals surface area (Å²) >= 11 is 0. The van der Waals surface area contributed by atoms with Gasteiger partial charge >= 0.3 is 5.97 Å². The number of guanidine groups is 1. The van der Waals surface area contributed by atoms with Gasteiger partial charge in [-0.15, -0.1) is 0 Å². The first kappa shape index (κ1) is 20.5. The third kappa shape index (κ3) is 5.35. The molecule has 148 valence electrons. The average molecular weight is 376 g/mol. The Labute approximate surface area is 160 Å². The number of rotatable bonds is 5. The highest BCUT2D eigenvalue weighted by Gasteiger charge is 2.21. The third-order valence-corrected chi connectivity index (χ3v) is 4.44. The van der Waals surface area contributed by atoms with Crippen molar-refractivity contribution in [2.75, 3.05) is 46.9 Å². The molecule has 1 aliphatic heterocycles. The van der Waals surface area contributed by atoms with Crippen LogP contribution < -0.4 is 10.1 Å². The molecule has 1 heterocycles. The van der Waals surface area contributed by atoms with Crippen molar-refractivity contribution in [2.45, 2.75) is 20.4 Å². The van der Waals surface area contributed by atoms with E-state index in [1.165, 1.54) is 14.2 Å². The number of ether oxygens (including phenoxy) is 2. The van der Waals surface area contributed by atoms with Crippen molar-refractivity contribution in [3.63, 3.8) is 0 Å². The number of carbonyl (C=O) groups is 2. The minimum Gasteiger partial charge on any atom is -0.496 e. The number of hydrogen-bond donors (Lipinski definition) is 1. The van der Waals surface area contributed by atoms with Gasteiger partial charge in [0.1, 0.15) is 11.3 Å². The quantitative estimate of drug-likeness (QED) is 0.471. The van der Waals surface area contributed by atoms with E-state index in [0.29, 0.717) is 30.9 Å². The highest BCUT2D eigenvalue weighted by atomic mass is 16.5. The van der Waals surface area contributed by atoms with E-state index in [-0.39, 0.29) is 5.91 Å². The van der Waals surface area contributed by atoms with Crippen LogP contribution in [0.5, 0.6) is 5.75 Å². The molecule has 1 fully saturated rings. The van der Waals surface area contributed by atoms with Crippen LogP contribution in [0.2, 0.25) is 0 Å². The molecule has 0 aromatic heterocycles. The number of nitrogens with zero attached hydrogens (tertiary/aromatic N) is 3. The van der Waals surface area contributed by atoms with Gasteiger partial charge in [0.2, 0.25) is 5.91 Å². The SMILES string of the molecule is CCNC(=NCc1ccc(OC)c(C(=O)OC)c1)N1CCN(C(C)=O)CC1. The van der Waals surface area contributed by atoms with Crippen LogP contribution in [-0.2, 0) is 16.1 Å². The maximum absolute atomic E-state index is 11.9. The lowest BCUT2D eigenvalue weighted by Crippen LogP contribution is -2.53. The Morgan fingerprint density at radius 2 is 1.81 bits per heavy atom. The van der Waals surface area contributed by atoms with Crippen LogP contribution in [0.1, 0.15) is 29.8 Å². The van der Waals surface area contributed by atoms with Crippen molar-refractivity contribution in [3.05, 3.63) is 29.3 Å². The number of esters is 1. The first-order valence-electron chi connectivity index (χ1n) is 9.04. The zero-order valence-electron chi connectivity index (χ0n) is 16.4. The first-order chi connectivity index (χ1) is 13.0. The van der Waals surface area contributed by atoms with Crippen molar-refractivity contribution in [2.24, 2.45) is 4.99 Å². The summed E-state index contributed by atoms with van der Waals surface area (Å²) in [6.07, 6.45) is 0. The normalized spacial score (nSPS) is 14.7. The summed E-state index contributed by atoms with van der Waals surface area (Å²) in [6, 6.07) is 5.37. The van der Waals surface area contributed by atoms with Gasteiger partial charge in [0.25, 0.3) is 0 Å². The smallest absolute Gasteiger partial charge is 0.341 e. The van der Waals surface area contributed by atoms with Crippen LogP contribution in [0.3, 0.4) is 0 Å². The summed E-state index contributed by atoms with van der Waals surface area (Å²) in [6.45, 7) is 7.64. The monoisotopic (exact) mass is 376 g/mol. The van der Waals surface area contributed by atoms with Crippen molar-refractivity contribution in [3.8, 4) is 5.75 Å². The molecular weight excluding hydrogens is 348 g/mol. The number of benzene rings is 1. The molecule has 8 nitrogen and oxygen atoms in total. The molecule has 0 spiro atoms. The van der Waals surface area contributed by atoms with Crippen LogP contribution in [0.25, 0.3) is 0 Å². The zero-order chi connectivity index (χ0) is 19.8. The minimum atomic E-state index is -0.440. The standard InChI is InChI=1S/C19H28N4O4/c1-5-20-19(23-10-8-22(9-11-23)14(2)24)21-13-15-6-7-17(26-3)16(12-15)18(25)27-4/h6-7,12H,5,8-11,13H2,1-4H3,(H,20,21). The molecule has 1 aromatic carbocycles. The van der Waals surface area contributed by atoms with E-state index in [1.807, 2.05) is 17.9 Å². The lowest BCUT2D eigenvalue weighted by molar-refractivity contribution is -0.130. The largest absolute Gasteiger partial charge is 0.496 e. The topological polar surface area (TPSA) is 83.5 Å². The molecule has 27 heavy (non-hydrogen) atoms. The molecule has 0 saturated carbocycles. The molecule has 2 rings (SSSR count). The molecule has 0 atom stereocenters. The lowest BCUT2D eigenvalue weighted by Gasteiger charge is -2.36. The summed E-state index contributed by atoms with van der Waals surface area (Å²) in [5.41, 5.74) is 1.27. The van der Waals surface area contributed by atoms with E-state index in [4.69, 9.17) is 14.5 Å². The Bertz CT molecular complexity index is 697. The maximum atomic E-state index is 11.9. The average Bonchev–Trinajstić information content (AvgIpc) is 2.70. The predicted octanol–water partition coefficient (Wildman–Crippen LogP) is 1.11. The van der Waals surface area contributed by atoms with E-state index in [2.05, 4.69) is 10.2 Å². The molecule has 0 unspecified atom stereocenters. The Hall–Kier alpha value is -2.77. The summed E-state index contributed by atoms with van der Waals surface area (Å²) in [7, 11) is 2.86. The molecular formula is C19H28N4O4.